The minimum absolute atomic E-state index is 0.0335. The van der Waals surface area contributed by atoms with Crippen LogP contribution in [-0.2, 0) is 12.7 Å². The second kappa shape index (κ2) is 7.44. The highest BCUT2D eigenvalue weighted by Crippen LogP contribution is 2.28. The lowest BCUT2D eigenvalue weighted by molar-refractivity contribution is -0.141. The van der Waals surface area contributed by atoms with Gasteiger partial charge in [0.15, 0.2) is 0 Å². The number of pyridine rings is 1. The number of benzene rings is 1. The number of anilines is 1. The first-order valence-electron chi connectivity index (χ1n) is 7.47. The molecule has 2 rings (SSSR count). The van der Waals surface area contributed by atoms with Crippen LogP contribution < -0.4 is 10.6 Å². The van der Waals surface area contributed by atoms with Crippen molar-refractivity contribution >= 4 is 11.6 Å². The normalized spacial score (nSPS) is 11.4. The van der Waals surface area contributed by atoms with Crippen LogP contribution in [0.15, 0.2) is 36.4 Å². The van der Waals surface area contributed by atoms with Gasteiger partial charge < -0.3 is 10.6 Å². The van der Waals surface area contributed by atoms with Crippen LogP contribution in [0.5, 0.6) is 0 Å². The Labute approximate surface area is 138 Å². The molecular formula is C17H18F3N3O. The summed E-state index contributed by atoms with van der Waals surface area (Å²) in [5.41, 5.74) is 0.710. The zero-order valence-electron chi connectivity index (χ0n) is 13.4. The van der Waals surface area contributed by atoms with Crippen molar-refractivity contribution in [3.8, 4) is 0 Å². The number of amides is 1. The molecular weight excluding hydrogens is 319 g/mol. The molecule has 1 aromatic heterocycles. The predicted octanol–water partition coefficient (Wildman–Crippen LogP) is 3.77. The number of aryl methyl sites for hydroxylation is 1. The minimum Gasteiger partial charge on any atom is -0.322 e. The first-order chi connectivity index (χ1) is 11.3. The monoisotopic (exact) mass is 337 g/mol. The number of alkyl halides is 3. The van der Waals surface area contributed by atoms with Crippen molar-refractivity contribution in [3.63, 3.8) is 0 Å². The molecule has 0 aliphatic rings. The molecule has 0 spiro atoms. The summed E-state index contributed by atoms with van der Waals surface area (Å²) in [4.78, 5) is 15.7. The third-order valence-corrected chi connectivity index (χ3v) is 3.38. The Kier molecular flexibility index (Phi) is 5.56. The van der Waals surface area contributed by atoms with Gasteiger partial charge in [-0.05, 0) is 43.3 Å². The Morgan fingerprint density at radius 3 is 2.58 bits per heavy atom. The van der Waals surface area contributed by atoms with Crippen LogP contribution in [0.4, 0.5) is 18.9 Å². The van der Waals surface area contributed by atoms with Crippen molar-refractivity contribution < 1.29 is 18.0 Å². The standard InChI is InChI=1S/C17H18F3N3O/c1-3-21-10-12-5-4-6-13(9-12)23-16(24)14-7-8-15(17(18,19)20)22-11(14)2/h4-9,21H,3,10H2,1-2H3,(H,23,24). The first-order valence-corrected chi connectivity index (χ1v) is 7.47. The van der Waals surface area contributed by atoms with E-state index in [0.717, 1.165) is 24.2 Å². The second-order valence-corrected chi connectivity index (χ2v) is 5.26. The van der Waals surface area contributed by atoms with Crippen LogP contribution in [0.25, 0.3) is 0 Å². The van der Waals surface area contributed by atoms with Crippen molar-refractivity contribution in [2.24, 2.45) is 0 Å². The molecule has 0 aliphatic carbocycles. The summed E-state index contributed by atoms with van der Waals surface area (Å²) >= 11 is 0. The summed E-state index contributed by atoms with van der Waals surface area (Å²) in [6.45, 7) is 4.87. The summed E-state index contributed by atoms with van der Waals surface area (Å²) < 4.78 is 37.9. The zero-order chi connectivity index (χ0) is 17.7. The van der Waals surface area contributed by atoms with Crippen LogP contribution in [-0.4, -0.2) is 17.4 Å². The molecule has 0 saturated heterocycles. The van der Waals surface area contributed by atoms with Gasteiger partial charge in [-0.1, -0.05) is 19.1 Å². The maximum atomic E-state index is 12.6. The van der Waals surface area contributed by atoms with Crippen LogP contribution in [0.3, 0.4) is 0 Å². The average Bonchev–Trinajstić information content (AvgIpc) is 2.52. The fourth-order valence-electron chi connectivity index (χ4n) is 2.19. The van der Waals surface area contributed by atoms with Gasteiger partial charge >= 0.3 is 6.18 Å². The Bertz CT molecular complexity index is 729. The molecule has 128 valence electrons. The molecule has 0 aliphatic heterocycles. The van der Waals surface area contributed by atoms with E-state index in [1.165, 1.54) is 6.92 Å². The summed E-state index contributed by atoms with van der Waals surface area (Å²) in [6.07, 6.45) is -4.53. The molecule has 0 bridgehead atoms. The maximum Gasteiger partial charge on any atom is 0.433 e. The lowest BCUT2D eigenvalue weighted by atomic mass is 10.1. The van der Waals surface area contributed by atoms with E-state index in [1.807, 2.05) is 19.1 Å². The van der Waals surface area contributed by atoms with Gasteiger partial charge in [0, 0.05) is 12.2 Å². The van der Waals surface area contributed by atoms with Crippen molar-refractivity contribution in [1.82, 2.24) is 10.3 Å². The van der Waals surface area contributed by atoms with E-state index in [0.29, 0.717) is 12.2 Å². The minimum atomic E-state index is -4.53. The van der Waals surface area contributed by atoms with E-state index in [4.69, 9.17) is 0 Å². The van der Waals surface area contributed by atoms with Crippen molar-refractivity contribution in [3.05, 3.63) is 58.9 Å². The van der Waals surface area contributed by atoms with Crippen LogP contribution in [0, 0.1) is 6.92 Å². The molecule has 2 N–H and O–H groups in total. The summed E-state index contributed by atoms with van der Waals surface area (Å²) in [5.74, 6) is -0.491. The number of hydrogen-bond acceptors (Lipinski definition) is 3. The van der Waals surface area contributed by atoms with E-state index in [1.54, 1.807) is 12.1 Å². The highest BCUT2D eigenvalue weighted by atomic mass is 19.4. The van der Waals surface area contributed by atoms with E-state index in [2.05, 4.69) is 15.6 Å². The number of nitrogens with one attached hydrogen (secondary N) is 2. The van der Waals surface area contributed by atoms with Gasteiger partial charge in [0.2, 0.25) is 0 Å². The van der Waals surface area contributed by atoms with Gasteiger partial charge in [-0.3, -0.25) is 4.79 Å². The Hall–Kier alpha value is -2.41. The van der Waals surface area contributed by atoms with Crippen molar-refractivity contribution in [2.75, 3.05) is 11.9 Å². The number of carbonyl (C=O) groups is 1. The summed E-state index contributed by atoms with van der Waals surface area (Å²) in [5, 5.41) is 5.86. The highest BCUT2D eigenvalue weighted by Gasteiger charge is 2.33. The molecule has 0 atom stereocenters. The quantitative estimate of drug-likeness (QED) is 0.873. The number of carbonyl (C=O) groups excluding carboxylic acids is 1. The molecule has 1 heterocycles. The molecule has 0 radical (unpaired) electrons. The van der Waals surface area contributed by atoms with Crippen LogP contribution in [0.2, 0.25) is 0 Å². The van der Waals surface area contributed by atoms with Gasteiger partial charge in [-0.15, -0.1) is 0 Å². The molecule has 2 aromatic rings. The molecule has 0 fully saturated rings. The number of hydrogen-bond donors (Lipinski definition) is 2. The van der Waals surface area contributed by atoms with Crippen molar-refractivity contribution in [1.29, 1.82) is 0 Å². The second-order valence-electron chi connectivity index (χ2n) is 5.26. The molecule has 1 aromatic carbocycles. The van der Waals surface area contributed by atoms with E-state index >= 15 is 0 Å². The lowest BCUT2D eigenvalue weighted by Crippen LogP contribution is -2.17. The zero-order valence-corrected chi connectivity index (χ0v) is 13.4. The van der Waals surface area contributed by atoms with Crippen molar-refractivity contribution in [2.45, 2.75) is 26.6 Å². The number of halogens is 3. The smallest absolute Gasteiger partial charge is 0.322 e. The van der Waals surface area contributed by atoms with Gasteiger partial charge in [-0.2, -0.15) is 13.2 Å². The predicted molar refractivity (Wildman–Crippen MR) is 85.8 cm³/mol. The van der Waals surface area contributed by atoms with Gasteiger partial charge in [-0.25, -0.2) is 4.98 Å². The van der Waals surface area contributed by atoms with Gasteiger partial charge in [0.05, 0.1) is 11.3 Å². The molecule has 7 heteroatoms. The summed E-state index contributed by atoms with van der Waals surface area (Å²) in [7, 11) is 0. The third kappa shape index (κ3) is 4.55. The van der Waals surface area contributed by atoms with Crippen LogP contribution >= 0.6 is 0 Å². The summed E-state index contributed by atoms with van der Waals surface area (Å²) in [6, 6.07) is 9.21. The maximum absolute atomic E-state index is 12.6. The Morgan fingerprint density at radius 1 is 1.21 bits per heavy atom. The fraction of sp³-hybridized carbons (Fsp3) is 0.294. The molecule has 1 amide bonds. The Morgan fingerprint density at radius 2 is 1.96 bits per heavy atom. The highest BCUT2D eigenvalue weighted by molar-refractivity contribution is 6.05. The molecule has 0 unspecified atom stereocenters. The Balaban J connectivity index is 2.15. The molecule has 0 saturated carbocycles. The molecule has 4 nitrogen and oxygen atoms in total. The first kappa shape index (κ1) is 17.9. The van der Waals surface area contributed by atoms with Gasteiger partial charge in [0.25, 0.3) is 5.91 Å². The third-order valence-electron chi connectivity index (χ3n) is 3.38. The number of nitrogens with zero attached hydrogens (tertiary/aromatic N) is 1. The van der Waals surface area contributed by atoms with Gasteiger partial charge in [0.1, 0.15) is 5.69 Å². The lowest BCUT2D eigenvalue weighted by Gasteiger charge is -2.11. The largest absolute Gasteiger partial charge is 0.433 e. The average molecular weight is 337 g/mol. The number of aromatic nitrogens is 1. The number of rotatable bonds is 5. The SMILES string of the molecule is CCNCc1cccc(NC(=O)c2ccc(C(F)(F)F)nc2C)c1. The molecule has 24 heavy (non-hydrogen) atoms. The fourth-order valence-corrected chi connectivity index (χ4v) is 2.19. The van der Waals surface area contributed by atoms with E-state index < -0.39 is 17.8 Å². The van der Waals surface area contributed by atoms with E-state index in [9.17, 15) is 18.0 Å². The topological polar surface area (TPSA) is 54.0 Å². The van der Waals surface area contributed by atoms with E-state index in [-0.39, 0.29) is 11.3 Å². The van der Waals surface area contributed by atoms with Crippen LogP contribution in [0.1, 0.15) is 34.2 Å².